The Hall–Kier alpha value is -2.03. The third-order valence-corrected chi connectivity index (χ3v) is 3.12. The number of methoxy groups -OCH3 is 1. The molecule has 1 aliphatic rings. The van der Waals surface area contributed by atoms with Crippen LogP contribution in [0.25, 0.3) is 5.57 Å². The van der Waals surface area contributed by atoms with E-state index < -0.39 is 5.97 Å². The lowest BCUT2D eigenvalue weighted by Crippen LogP contribution is -2.03. The number of carbonyl (C=O) groups is 1. The lowest BCUT2D eigenvalue weighted by molar-refractivity contribution is -0.136. The Kier molecular flexibility index (Phi) is 3.82. The largest absolute Gasteiger partial charge is 0.490 e. The normalized spacial score (nSPS) is 17.4. The summed E-state index contributed by atoms with van der Waals surface area (Å²) in [5, 5.41) is 8.88. The van der Waals surface area contributed by atoms with Gasteiger partial charge in [-0.25, -0.2) is 4.79 Å². The van der Waals surface area contributed by atoms with E-state index in [9.17, 15) is 4.79 Å². The number of benzene rings is 1. The first-order valence-corrected chi connectivity index (χ1v) is 5.99. The third-order valence-electron chi connectivity index (χ3n) is 3.12. The number of hydrogen-bond acceptors (Lipinski definition) is 2. The lowest BCUT2D eigenvalue weighted by atomic mass is 9.87. The summed E-state index contributed by atoms with van der Waals surface area (Å²) >= 11 is 0. The molecule has 0 radical (unpaired) electrons. The zero-order chi connectivity index (χ0) is 13.0. The Morgan fingerprint density at radius 3 is 2.83 bits per heavy atom. The number of hydrogen-bond donors (Lipinski definition) is 1. The molecule has 0 saturated carbocycles. The van der Waals surface area contributed by atoms with Crippen molar-refractivity contribution in [3.05, 3.63) is 53.3 Å². The number of carboxylic acid groups (broad SMARTS) is 1. The molecule has 3 heteroatoms. The molecule has 18 heavy (non-hydrogen) atoms. The van der Waals surface area contributed by atoms with Crippen LogP contribution in [0.3, 0.4) is 0 Å². The molecular formula is C15H16O3. The van der Waals surface area contributed by atoms with Gasteiger partial charge in [0.1, 0.15) is 0 Å². The van der Waals surface area contributed by atoms with Gasteiger partial charge in [-0.05, 0) is 42.0 Å². The highest BCUT2D eigenvalue weighted by atomic mass is 16.5. The second-order valence-electron chi connectivity index (χ2n) is 4.24. The monoisotopic (exact) mass is 244 g/mol. The van der Waals surface area contributed by atoms with Gasteiger partial charge in [-0.15, -0.1) is 0 Å². The molecule has 0 bridgehead atoms. The van der Waals surface area contributed by atoms with Crippen LogP contribution in [0.15, 0.2) is 42.2 Å². The maximum atomic E-state index is 10.8. The van der Waals surface area contributed by atoms with Gasteiger partial charge in [-0.1, -0.05) is 30.3 Å². The molecule has 0 spiro atoms. The van der Waals surface area contributed by atoms with E-state index in [1.165, 1.54) is 29.9 Å². The van der Waals surface area contributed by atoms with Crippen LogP contribution in [0, 0.1) is 0 Å². The Balaban J connectivity index is 2.33. The Morgan fingerprint density at radius 2 is 2.11 bits per heavy atom. The first-order valence-electron chi connectivity index (χ1n) is 5.99. The summed E-state index contributed by atoms with van der Waals surface area (Å²) in [6.45, 7) is 0. The highest BCUT2D eigenvalue weighted by Gasteiger charge is 2.13. The van der Waals surface area contributed by atoms with Crippen LogP contribution in [-0.4, -0.2) is 18.2 Å². The molecule has 0 amide bonds. The molecule has 1 aromatic carbocycles. The fourth-order valence-corrected chi connectivity index (χ4v) is 2.23. The van der Waals surface area contributed by atoms with Crippen molar-refractivity contribution in [2.45, 2.75) is 19.3 Å². The molecule has 3 nitrogen and oxygen atoms in total. The molecule has 0 saturated heterocycles. The first kappa shape index (κ1) is 12.4. The molecule has 0 atom stereocenters. The van der Waals surface area contributed by atoms with Gasteiger partial charge in [0.25, 0.3) is 0 Å². The summed E-state index contributed by atoms with van der Waals surface area (Å²) in [5.74, 6) is -1.08. The summed E-state index contributed by atoms with van der Waals surface area (Å²) in [5.41, 5.74) is 3.73. The molecule has 94 valence electrons. The van der Waals surface area contributed by atoms with Crippen molar-refractivity contribution in [3.8, 4) is 0 Å². The Morgan fingerprint density at radius 1 is 1.33 bits per heavy atom. The number of rotatable bonds is 3. The van der Waals surface area contributed by atoms with Crippen LogP contribution in [0.4, 0.5) is 0 Å². The van der Waals surface area contributed by atoms with Gasteiger partial charge >= 0.3 is 5.97 Å². The number of allylic oxidation sites excluding steroid dienone is 3. The van der Waals surface area contributed by atoms with Crippen molar-refractivity contribution in [2.24, 2.45) is 0 Å². The quantitative estimate of drug-likeness (QED) is 0.656. The molecule has 1 N–H and O–H groups in total. The van der Waals surface area contributed by atoms with Crippen LogP contribution in [0.5, 0.6) is 0 Å². The van der Waals surface area contributed by atoms with E-state index in [4.69, 9.17) is 9.84 Å². The van der Waals surface area contributed by atoms with Crippen molar-refractivity contribution in [1.29, 1.82) is 0 Å². The summed E-state index contributed by atoms with van der Waals surface area (Å²) in [6.07, 6.45) is 6.55. The summed E-state index contributed by atoms with van der Waals surface area (Å²) in [6, 6.07) is 8.26. The summed E-state index contributed by atoms with van der Waals surface area (Å²) in [4.78, 5) is 10.8. The van der Waals surface area contributed by atoms with Crippen molar-refractivity contribution in [3.63, 3.8) is 0 Å². The minimum Gasteiger partial charge on any atom is -0.490 e. The SMILES string of the molecule is CO/C(=C\C=C1/CCCc2ccccc21)C(=O)O. The molecule has 0 fully saturated rings. The summed E-state index contributed by atoms with van der Waals surface area (Å²) in [7, 11) is 1.37. The molecule has 0 aliphatic heterocycles. The molecular weight excluding hydrogens is 228 g/mol. The highest BCUT2D eigenvalue weighted by molar-refractivity contribution is 5.85. The topological polar surface area (TPSA) is 46.5 Å². The summed E-state index contributed by atoms with van der Waals surface area (Å²) < 4.78 is 4.81. The van der Waals surface area contributed by atoms with E-state index in [0.29, 0.717) is 0 Å². The van der Waals surface area contributed by atoms with Gasteiger partial charge in [0.2, 0.25) is 5.76 Å². The first-order chi connectivity index (χ1) is 8.72. The smallest absolute Gasteiger partial charge is 0.371 e. The average Bonchev–Trinajstić information content (AvgIpc) is 2.39. The van der Waals surface area contributed by atoms with Crippen LogP contribution < -0.4 is 0 Å². The number of aryl methyl sites for hydroxylation is 1. The van der Waals surface area contributed by atoms with E-state index in [2.05, 4.69) is 12.1 Å². The van der Waals surface area contributed by atoms with Crippen molar-refractivity contribution in [2.75, 3.05) is 7.11 Å². The van der Waals surface area contributed by atoms with E-state index in [-0.39, 0.29) is 5.76 Å². The van der Waals surface area contributed by atoms with Gasteiger partial charge in [0, 0.05) is 0 Å². The number of carboxylic acids is 1. The maximum Gasteiger partial charge on any atom is 0.371 e. The average molecular weight is 244 g/mol. The van der Waals surface area contributed by atoms with E-state index >= 15 is 0 Å². The Bertz CT molecular complexity index is 512. The van der Waals surface area contributed by atoms with E-state index in [1.54, 1.807) is 0 Å². The van der Waals surface area contributed by atoms with Crippen molar-refractivity contribution in [1.82, 2.24) is 0 Å². The van der Waals surface area contributed by atoms with Crippen LogP contribution in [0.1, 0.15) is 24.0 Å². The highest BCUT2D eigenvalue weighted by Crippen LogP contribution is 2.30. The second-order valence-corrected chi connectivity index (χ2v) is 4.24. The fourth-order valence-electron chi connectivity index (χ4n) is 2.23. The molecule has 0 unspecified atom stereocenters. The predicted octanol–water partition coefficient (Wildman–Crippen LogP) is 3.02. The molecule has 1 aromatic rings. The second kappa shape index (κ2) is 5.54. The zero-order valence-corrected chi connectivity index (χ0v) is 10.3. The fraction of sp³-hybridized carbons (Fsp3) is 0.267. The van der Waals surface area contributed by atoms with Crippen LogP contribution in [0.2, 0.25) is 0 Å². The van der Waals surface area contributed by atoms with Gasteiger partial charge < -0.3 is 9.84 Å². The third kappa shape index (κ3) is 2.62. The van der Waals surface area contributed by atoms with Gasteiger partial charge in [0.15, 0.2) is 0 Å². The van der Waals surface area contributed by atoms with Crippen LogP contribution >= 0.6 is 0 Å². The van der Waals surface area contributed by atoms with Crippen LogP contribution in [-0.2, 0) is 16.0 Å². The molecule has 0 heterocycles. The van der Waals surface area contributed by atoms with Gasteiger partial charge in [-0.2, -0.15) is 0 Å². The Labute approximate surface area is 106 Å². The number of fused-ring (bicyclic) bond motifs is 1. The van der Waals surface area contributed by atoms with E-state index in [1.807, 2.05) is 18.2 Å². The lowest BCUT2D eigenvalue weighted by Gasteiger charge is -2.18. The maximum absolute atomic E-state index is 10.8. The standard InChI is InChI=1S/C15H16O3/c1-18-14(15(16)17)10-9-12-7-4-6-11-5-2-3-8-13(11)12/h2-3,5,8-10H,4,6-7H2,1H3,(H,16,17)/b12-9+,14-10-. The minimum absolute atomic E-state index is 0.0365. The van der Waals surface area contributed by atoms with Crippen molar-refractivity contribution >= 4 is 11.5 Å². The zero-order valence-electron chi connectivity index (χ0n) is 10.3. The minimum atomic E-state index is -1.04. The molecule has 0 aromatic heterocycles. The van der Waals surface area contributed by atoms with Gasteiger partial charge in [-0.3, -0.25) is 0 Å². The molecule has 2 rings (SSSR count). The van der Waals surface area contributed by atoms with Crippen molar-refractivity contribution < 1.29 is 14.6 Å². The molecule has 1 aliphatic carbocycles. The predicted molar refractivity (Wildman–Crippen MR) is 70.1 cm³/mol. The number of aliphatic carboxylic acids is 1. The number of ether oxygens (including phenoxy) is 1. The van der Waals surface area contributed by atoms with E-state index in [0.717, 1.165) is 19.3 Å². The van der Waals surface area contributed by atoms with Gasteiger partial charge in [0.05, 0.1) is 7.11 Å².